The van der Waals surface area contributed by atoms with E-state index in [-0.39, 0.29) is 12.2 Å². The van der Waals surface area contributed by atoms with Crippen LogP contribution in [0.5, 0.6) is 0 Å². The van der Waals surface area contributed by atoms with Crippen LogP contribution in [0.2, 0.25) is 0 Å². The molecule has 0 bridgehead atoms. The molecule has 1 aromatic carbocycles. The monoisotopic (exact) mass is 527 g/mol. The average molecular weight is 528 g/mol. The number of hydrogen-bond acceptors (Lipinski definition) is 8. The van der Waals surface area contributed by atoms with Crippen molar-refractivity contribution in [1.82, 2.24) is 29.6 Å². The molecule has 4 aromatic rings. The van der Waals surface area contributed by atoms with Gasteiger partial charge < -0.3 is 15.1 Å². The van der Waals surface area contributed by atoms with E-state index in [1.165, 1.54) is 32.3 Å². The van der Waals surface area contributed by atoms with Crippen LogP contribution < -0.4 is 4.90 Å². The number of piperazine rings is 1. The summed E-state index contributed by atoms with van der Waals surface area (Å²) in [6.07, 6.45) is 3.31. The summed E-state index contributed by atoms with van der Waals surface area (Å²) in [7, 11) is 0. The van der Waals surface area contributed by atoms with Gasteiger partial charge in [-0.2, -0.15) is 5.10 Å². The van der Waals surface area contributed by atoms with Gasteiger partial charge in [-0.1, -0.05) is 0 Å². The summed E-state index contributed by atoms with van der Waals surface area (Å²) in [5, 5.41) is 24.8. The molecular formula is C26H28F3N7O2. The summed E-state index contributed by atoms with van der Waals surface area (Å²) in [6, 6.07) is 5.04. The molecule has 1 saturated heterocycles. The second-order valence-corrected chi connectivity index (χ2v) is 9.94. The first-order valence-corrected chi connectivity index (χ1v) is 12.2. The molecule has 5 rings (SSSR count). The van der Waals surface area contributed by atoms with Crippen molar-refractivity contribution in [2.75, 3.05) is 31.1 Å². The van der Waals surface area contributed by atoms with E-state index in [1.807, 2.05) is 9.80 Å². The highest BCUT2D eigenvalue weighted by Gasteiger charge is 2.29. The zero-order valence-electron chi connectivity index (χ0n) is 21.0. The van der Waals surface area contributed by atoms with E-state index in [1.54, 1.807) is 12.3 Å². The molecule has 0 unspecified atom stereocenters. The molecule has 0 aliphatic carbocycles. The van der Waals surface area contributed by atoms with Crippen molar-refractivity contribution < 1.29 is 23.4 Å². The lowest BCUT2D eigenvalue weighted by Crippen LogP contribution is -2.46. The van der Waals surface area contributed by atoms with Crippen molar-refractivity contribution in [3.8, 4) is 11.3 Å². The maximum Gasteiger partial charge on any atom is 0.181 e. The maximum absolute atomic E-state index is 14.2. The zero-order valence-corrected chi connectivity index (χ0v) is 21.0. The van der Waals surface area contributed by atoms with Gasteiger partial charge in [0.25, 0.3) is 0 Å². The minimum atomic E-state index is -1.41. The highest BCUT2D eigenvalue weighted by atomic mass is 19.1. The second-order valence-electron chi connectivity index (χ2n) is 9.94. The van der Waals surface area contributed by atoms with E-state index in [9.17, 15) is 23.4 Å². The number of aromatic nitrogens is 5. The van der Waals surface area contributed by atoms with Gasteiger partial charge in [-0.3, -0.25) is 9.88 Å². The fourth-order valence-electron chi connectivity index (χ4n) is 4.47. The third-order valence-electron chi connectivity index (χ3n) is 6.61. The molecule has 0 amide bonds. The first-order valence-electron chi connectivity index (χ1n) is 12.2. The minimum absolute atomic E-state index is 0.255. The Morgan fingerprint density at radius 2 is 1.79 bits per heavy atom. The van der Waals surface area contributed by atoms with Crippen LogP contribution in [0.15, 0.2) is 42.9 Å². The van der Waals surface area contributed by atoms with Gasteiger partial charge in [0.1, 0.15) is 28.9 Å². The summed E-state index contributed by atoms with van der Waals surface area (Å²) < 4.78 is 42.1. The van der Waals surface area contributed by atoms with Crippen molar-refractivity contribution in [3.05, 3.63) is 65.7 Å². The molecule has 0 spiro atoms. The minimum Gasteiger partial charge on any atom is -0.387 e. The molecule has 12 heteroatoms. The number of pyridine rings is 1. The number of halogens is 3. The summed E-state index contributed by atoms with van der Waals surface area (Å²) >= 11 is 0. The Kier molecular flexibility index (Phi) is 7.03. The van der Waals surface area contributed by atoms with E-state index in [0.717, 1.165) is 16.8 Å². The molecule has 200 valence electrons. The smallest absolute Gasteiger partial charge is 0.181 e. The van der Waals surface area contributed by atoms with Crippen LogP contribution >= 0.6 is 0 Å². The van der Waals surface area contributed by atoms with Crippen molar-refractivity contribution in [2.45, 2.75) is 38.9 Å². The molecule has 1 aliphatic heterocycles. The van der Waals surface area contributed by atoms with E-state index in [2.05, 4.69) is 10.1 Å². The molecule has 0 saturated carbocycles. The number of fused-ring (bicyclic) bond motifs is 1. The molecular weight excluding hydrogens is 499 g/mol. The Balaban J connectivity index is 1.46. The van der Waals surface area contributed by atoms with E-state index in [0.29, 0.717) is 59.9 Å². The summed E-state index contributed by atoms with van der Waals surface area (Å²) in [5.41, 5.74) is 1.16. The van der Waals surface area contributed by atoms with Crippen LogP contribution in [0.25, 0.3) is 22.3 Å². The quantitative estimate of drug-likeness (QED) is 0.378. The first-order chi connectivity index (χ1) is 18.1. The molecule has 2 N–H and O–H groups in total. The molecule has 1 fully saturated rings. The zero-order chi connectivity index (χ0) is 27.0. The van der Waals surface area contributed by atoms with Crippen LogP contribution in [-0.4, -0.2) is 71.6 Å². The molecule has 9 nitrogen and oxygen atoms in total. The Bertz CT molecular complexity index is 1450. The molecule has 38 heavy (non-hydrogen) atoms. The van der Waals surface area contributed by atoms with E-state index in [4.69, 9.17) is 9.97 Å². The van der Waals surface area contributed by atoms with Crippen LogP contribution in [0.4, 0.5) is 19.0 Å². The van der Waals surface area contributed by atoms with Crippen molar-refractivity contribution >= 4 is 16.9 Å². The second kappa shape index (κ2) is 10.3. The number of nitrogens with zero attached hydrogens (tertiary/aromatic N) is 7. The Hall–Kier alpha value is -3.61. The first kappa shape index (κ1) is 26.0. The van der Waals surface area contributed by atoms with Crippen molar-refractivity contribution in [1.29, 1.82) is 0 Å². The van der Waals surface area contributed by atoms with Gasteiger partial charge in [-0.25, -0.2) is 27.8 Å². The Morgan fingerprint density at radius 1 is 1.03 bits per heavy atom. The molecule has 1 atom stereocenters. The predicted molar refractivity (Wildman–Crippen MR) is 135 cm³/mol. The summed E-state index contributed by atoms with van der Waals surface area (Å²) in [5.74, 6) is -0.380. The lowest BCUT2D eigenvalue weighted by molar-refractivity contribution is -0.0516. The molecule has 0 radical (unpaired) electrons. The molecule has 1 aliphatic rings. The Morgan fingerprint density at radius 3 is 2.47 bits per heavy atom. The number of aliphatic hydroxyl groups is 2. The number of anilines is 1. The average Bonchev–Trinajstić information content (AvgIpc) is 3.38. The van der Waals surface area contributed by atoms with Gasteiger partial charge in [0.15, 0.2) is 12.6 Å². The third-order valence-corrected chi connectivity index (χ3v) is 6.61. The van der Waals surface area contributed by atoms with Gasteiger partial charge in [0, 0.05) is 50.0 Å². The van der Waals surface area contributed by atoms with Crippen LogP contribution in [-0.2, 0) is 13.3 Å². The van der Waals surface area contributed by atoms with Crippen LogP contribution in [0.3, 0.4) is 0 Å². The molecule has 4 heterocycles. The van der Waals surface area contributed by atoms with Gasteiger partial charge in [-0.05, 0) is 38.1 Å². The maximum atomic E-state index is 14.2. The third kappa shape index (κ3) is 5.33. The van der Waals surface area contributed by atoms with Crippen molar-refractivity contribution in [2.24, 2.45) is 0 Å². The number of hydrogen-bond donors (Lipinski definition) is 2. The topological polar surface area (TPSA) is 103 Å². The Labute approximate surface area is 217 Å². The lowest BCUT2D eigenvalue weighted by atomic mass is 9.98. The fourth-order valence-corrected chi connectivity index (χ4v) is 4.47. The van der Waals surface area contributed by atoms with Gasteiger partial charge >= 0.3 is 0 Å². The highest BCUT2D eigenvalue weighted by Crippen LogP contribution is 2.32. The van der Waals surface area contributed by atoms with Gasteiger partial charge in [0.05, 0.1) is 29.2 Å². The van der Waals surface area contributed by atoms with Crippen molar-refractivity contribution in [3.63, 3.8) is 0 Å². The van der Waals surface area contributed by atoms with Crippen LogP contribution in [0, 0.1) is 11.6 Å². The van der Waals surface area contributed by atoms with E-state index < -0.39 is 30.1 Å². The standard InChI is InChI=1S/C26H28F3N7O2/c1-26(2,38)24(37)21-10-20-22(12-30-21)32-23(17-11-31-36(14-17)15-27)25(33-20)35-7-5-34(6-8-35)13-16-9-18(28)3-4-19(16)29/h3-4,9-12,14,24,37-38H,5-8,13,15H2,1-2H3/t24-/m1/s1. The van der Waals surface area contributed by atoms with E-state index >= 15 is 0 Å². The summed E-state index contributed by atoms with van der Waals surface area (Å²) in [4.78, 5) is 17.9. The fraction of sp³-hybridized carbons (Fsp3) is 0.385. The number of aliphatic hydroxyl groups excluding tert-OH is 1. The SMILES string of the molecule is CC(C)(O)[C@H](O)c1cc2nc(N3CCN(Cc4cc(F)ccc4F)CC3)c(-c3cnn(CF)c3)nc2cn1. The number of benzene rings is 1. The lowest BCUT2D eigenvalue weighted by Gasteiger charge is -2.36. The van der Waals surface area contributed by atoms with Gasteiger partial charge in [-0.15, -0.1) is 0 Å². The highest BCUT2D eigenvalue weighted by molar-refractivity contribution is 5.83. The largest absolute Gasteiger partial charge is 0.387 e. The predicted octanol–water partition coefficient (Wildman–Crippen LogP) is 3.22. The summed E-state index contributed by atoms with van der Waals surface area (Å²) in [6.45, 7) is 4.67. The number of rotatable bonds is 7. The van der Waals surface area contributed by atoms with Gasteiger partial charge in [0.2, 0.25) is 0 Å². The normalized spacial score (nSPS) is 15.8. The molecule has 3 aromatic heterocycles. The van der Waals surface area contributed by atoms with Crippen LogP contribution in [0.1, 0.15) is 31.2 Å². The number of alkyl halides is 1.